The van der Waals surface area contributed by atoms with Crippen molar-refractivity contribution < 1.29 is 19.5 Å². The summed E-state index contributed by atoms with van der Waals surface area (Å²) in [5.74, 6) is -1.96. The SMILES string of the molecule is O=C(CNC(=O)c1sc2ccccc2c1Cl)N[C@@H]1CC[C@H](C(=O)O)C1. The van der Waals surface area contributed by atoms with Gasteiger partial charge in [-0.1, -0.05) is 29.8 Å². The van der Waals surface area contributed by atoms with E-state index in [-0.39, 0.29) is 18.5 Å². The maximum absolute atomic E-state index is 12.3. The molecule has 1 aromatic heterocycles. The Hall–Kier alpha value is -2.12. The second kappa shape index (κ2) is 7.41. The fraction of sp³-hybridized carbons (Fsp3) is 0.353. The Labute approximate surface area is 153 Å². The number of halogens is 1. The van der Waals surface area contributed by atoms with Crippen molar-refractivity contribution in [2.24, 2.45) is 5.92 Å². The molecule has 1 aliphatic rings. The molecule has 1 aliphatic carbocycles. The molecular formula is C17H17ClN2O4S. The van der Waals surface area contributed by atoms with Crippen LogP contribution in [0.4, 0.5) is 0 Å². The number of benzene rings is 1. The zero-order valence-electron chi connectivity index (χ0n) is 13.3. The van der Waals surface area contributed by atoms with Crippen molar-refractivity contribution in [2.45, 2.75) is 25.3 Å². The minimum Gasteiger partial charge on any atom is -0.481 e. The largest absolute Gasteiger partial charge is 0.481 e. The number of aliphatic carboxylic acids is 1. The van der Waals surface area contributed by atoms with Gasteiger partial charge in [0.1, 0.15) is 4.88 Å². The van der Waals surface area contributed by atoms with E-state index in [0.717, 1.165) is 10.1 Å². The molecule has 8 heteroatoms. The molecule has 0 spiro atoms. The molecule has 1 saturated carbocycles. The summed E-state index contributed by atoms with van der Waals surface area (Å²) in [5, 5.41) is 15.5. The van der Waals surface area contributed by atoms with Crippen LogP contribution in [0.3, 0.4) is 0 Å². The number of amides is 2. The third kappa shape index (κ3) is 3.93. The molecule has 132 valence electrons. The highest BCUT2D eigenvalue weighted by Crippen LogP contribution is 2.34. The highest BCUT2D eigenvalue weighted by molar-refractivity contribution is 7.21. The number of carbonyl (C=O) groups excluding carboxylic acids is 2. The molecule has 0 aliphatic heterocycles. The lowest BCUT2D eigenvalue weighted by Gasteiger charge is -2.12. The summed E-state index contributed by atoms with van der Waals surface area (Å²) in [6, 6.07) is 7.29. The zero-order valence-corrected chi connectivity index (χ0v) is 14.8. The summed E-state index contributed by atoms with van der Waals surface area (Å²) in [5.41, 5.74) is 0. The van der Waals surface area contributed by atoms with E-state index in [1.807, 2.05) is 24.3 Å². The first-order valence-corrected chi connectivity index (χ1v) is 9.12. The Bertz CT molecular complexity index is 835. The number of hydrogen-bond acceptors (Lipinski definition) is 4. The van der Waals surface area contributed by atoms with Crippen LogP contribution in [0.1, 0.15) is 28.9 Å². The molecule has 1 heterocycles. The van der Waals surface area contributed by atoms with Crippen LogP contribution in [-0.2, 0) is 9.59 Å². The van der Waals surface area contributed by atoms with E-state index in [9.17, 15) is 14.4 Å². The van der Waals surface area contributed by atoms with Gasteiger partial charge in [0, 0.05) is 16.1 Å². The zero-order chi connectivity index (χ0) is 18.0. The van der Waals surface area contributed by atoms with Gasteiger partial charge in [0.25, 0.3) is 5.91 Å². The first-order chi connectivity index (χ1) is 12.0. The third-order valence-corrected chi connectivity index (χ3v) is 5.97. The van der Waals surface area contributed by atoms with Crippen molar-refractivity contribution in [3.63, 3.8) is 0 Å². The normalized spacial score (nSPS) is 19.7. The predicted octanol–water partition coefficient (Wildman–Crippen LogP) is 2.65. The van der Waals surface area contributed by atoms with Crippen LogP contribution < -0.4 is 10.6 Å². The van der Waals surface area contributed by atoms with Crippen molar-refractivity contribution in [2.75, 3.05) is 6.54 Å². The highest BCUT2D eigenvalue weighted by Gasteiger charge is 2.30. The molecule has 0 unspecified atom stereocenters. The quantitative estimate of drug-likeness (QED) is 0.743. The highest BCUT2D eigenvalue weighted by atomic mass is 35.5. The van der Waals surface area contributed by atoms with E-state index in [1.54, 1.807) is 0 Å². The summed E-state index contributed by atoms with van der Waals surface area (Å²) >= 11 is 7.52. The van der Waals surface area contributed by atoms with Crippen LogP contribution in [0.2, 0.25) is 5.02 Å². The minimum absolute atomic E-state index is 0.154. The van der Waals surface area contributed by atoms with Crippen molar-refractivity contribution in [1.29, 1.82) is 0 Å². The predicted molar refractivity (Wildman–Crippen MR) is 96.1 cm³/mol. The molecule has 0 radical (unpaired) electrons. The van der Waals surface area contributed by atoms with E-state index in [1.165, 1.54) is 11.3 Å². The topological polar surface area (TPSA) is 95.5 Å². The molecule has 1 aromatic carbocycles. The monoisotopic (exact) mass is 380 g/mol. The van der Waals surface area contributed by atoms with Crippen LogP contribution >= 0.6 is 22.9 Å². The molecule has 3 rings (SSSR count). The van der Waals surface area contributed by atoms with Gasteiger partial charge >= 0.3 is 5.97 Å². The van der Waals surface area contributed by atoms with E-state index in [4.69, 9.17) is 16.7 Å². The van der Waals surface area contributed by atoms with Gasteiger partial charge in [-0.2, -0.15) is 0 Å². The molecule has 6 nitrogen and oxygen atoms in total. The van der Waals surface area contributed by atoms with Gasteiger partial charge < -0.3 is 15.7 Å². The van der Waals surface area contributed by atoms with Crippen LogP contribution in [0.25, 0.3) is 10.1 Å². The Morgan fingerprint density at radius 1 is 1.24 bits per heavy atom. The molecule has 3 N–H and O–H groups in total. The second-order valence-electron chi connectivity index (χ2n) is 6.04. The Morgan fingerprint density at radius 2 is 2.00 bits per heavy atom. The van der Waals surface area contributed by atoms with Crippen molar-refractivity contribution in [1.82, 2.24) is 10.6 Å². The van der Waals surface area contributed by atoms with Crippen LogP contribution in [0, 0.1) is 5.92 Å². The summed E-state index contributed by atoms with van der Waals surface area (Å²) in [4.78, 5) is 35.5. The van der Waals surface area contributed by atoms with Gasteiger partial charge in [-0.3, -0.25) is 14.4 Å². The molecule has 2 atom stereocenters. The first-order valence-electron chi connectivity index (χ1n) is 7.93. The molecule has 1 fully saturated rings. The van der Waals surface area contributed by atoms with Crippen LogP contribution in [0.5, 0.6) is 0 Å². The minimum atomic E-state index is -0.829. The van der Waals surface area contributed by atoms with Crippen LogP contribution in [-0.4, -0.2) is 35.5 Å². The number of fused-ring (bicyclic) bond motifs is 1. The maximum atomic E-state index is 12.3. The number of thiophene rings is 1. The molecule has 0 bridgehead atoms. The second-order valence-corrected chi connectivity index (χ2v) is 7.47. The molecule has 2 aromatic rings. The lowest BCUT2D eigenvalue weighted by atomic mass is 10.1. The van der Waals surface area contributed by atoms with Crippen molar-refractivity contribution in [3.05, 3.63) is 34.2 Å². The average Bonchev–Trinajstić information content (AvgIpc) is 3.18. The Morgan fingerprint density at radius 3 is 2.68 bits per heavy atom. The number of hydrogen-bond donors (Lipinski definition) is 3. The van der Waals surface area contributed by atoms with Gasteiger partial charge in [0.15, 0.2) is 0 Å². The number of rotatable bonds is 5. The smallest absolute Gasteiger partial charge is 0.306 e. The number of carboxylic acids is 1. The van der Waals surface area contributed by atoms with Crippen molar-refractivity contribution >= 4 is 50.8 Å². The standard InChI is InChI=1S/C17H17ClN2O4S/c18-14-11-3-1-2-4-12(11)25-15(14)16(22)19-8-13(21)20-10-6-5-9(7-10)17(23)24/h1-4,9-10H,5-8H2,(H,19,22)(H,20,21)(H,23,24)/t9-,10+/m0/s1. The summed E-state index contributed by atoms with van der Waals surface area (Å²) in [6.45, 7) is -0.169. The fourth-order valence-corrected chi connectivity index (χ4v) is 4.45. The van der Waals surface area contributed by atoms with Gasteiger partial charge in [-0.25, -0.2) is 0 Å². The summed E-state index contributed by atoms with van der Waals surface area (Å²) in [6.07, 6.45) is 1.62. The van der Waals surface area contributed by atoms with E-state index in [2.05, 4.69) is 10.6 Å². The Kier molecular flexibility index (Phi) is 5.24. The van der Waals surface area contributed by atoms with Crippen molar-refractivity contribution in [3.8, 4) is 0 Å². The van der Waals surface area contributed by atoms with E-state index >= 15 is 0 Å². The average molecular weight is 381 g/mol. The van der Waals surface area contributed by atoms with Gasteiger partial charge in [0.2, 0.25) is 5.91 Å². The van der Waals surface area contributed by atoms with Gasteiger partial charge in [0.05, 0.1) is 17.5 Å². The first kappa shape index (κ1) is 17.7. The number of carbonyl (C=O) groups is 3. The number of nitrogens with one attached hydrogen (secondary N) is 2. The van der Waals surface area contributed by atoms with E-state index < -0.39 is 17.8 Å². The lowest BCUT2D eigenvalue weighted by Crippen LogP contribution is -2.41. The lowest BCUT2D eigenvalue weighted by molar-refractivity contribution is -0.141. The van der Waals surface area contributed by atoms with Gasteiger partial charge in [-0.05, 0) is 25.3 Å². The molecule has 0 saturated heterocycles. The Balaban J connectivity index is 1.54. The third-order valence-electron chi connectivity index (χ3n) is 4.30. The molecular weight excluding hydrogens is 364 g/mol. The maximum Gasteiger partial charge on any atom is 0.306 e. The van der Waals surface area contributed by atoms with Gasteiger partial charge in [-0.15, -0.1) is 11.3 Å². The molecule has 25 heavy (non-hydrogen) atoms. The summed E-state index contributed by atoms with van der Waals surface area (Å²) < 4.78 is 0.910. The summed E-state index contributed by atoms with van der Waals surface area (Å²) in [7, 11) is 0. The fourth-order valence-electron chi connectivity index (χ4n) is 3.02. The van der Waals surface area contributed by atoms with Crippen LogP contribution in [0.15, 0.2) is 24.3 Å². The molecule has 2 amide bonds. The van der Waals surface area contributed by atoms with E-state index in [0.29, 0.717) is 29.2 Å². The number of carboxylic acid groups (broad SMARTS) is 1.